The lowest BCUT2D eigenvalue weighted by Crippen LogP contribution is -2.53. The number of aromatic nitrogens is 1. The molecule has 3 aliphatic rings. The maximum atomic E-state index is 13.8. The number of hydrogen-bond donors (Lipinski definition) is 1. The van der Waals surface area contributed by atoms with Crippen molar-refractivity contribution >= 4 is 33.0 Å². The second-order valence-corrected chi connectivity index (χ2v) is 14.2. The summed E-state index contributed by atoms with van der Waals surface area (Å²) in [5.41, 5.74) is -1.67. The molecule has 13 heteroatoms. The van der Waals surface area contributed by atoms with E-state index >= 15 is 0 Å². The van der Waals surface area contributed by atoms with Crippen LogP contribution in [-0.2, 0) is 19.4 Å². The van der Waals surface area contributed by atoms with Gasteiger partial charge < -0.3 is 10.2 Å². The summed E-state index contributed by atoms with van der Waals surface area (Å²) >= 11 is 1.48. The van der Waals surface area contributed by atoms with E-state index in [4.69, 9.17) is 0 Å². The zero-order valence-corrected chi connectivity index (χ0v) is 23.2. The molecule has 3 fully saturated rings. The van der Waals surface area contributed by atoms with Gasteiger partial charge in [-0.05, 0) is 76.1 Å². The van der Waals surface area contributed by atoms with Crippen LogP contribution < -0.4 is 5.32 Å². The number of carbonyl (C=O) groups excluding carboxylic acids is 2. The first-order chi connectivity index (χ1) is 18.1. The number of rotatable bonds is 6. The Morgan fingerprint density at radius 1 is 1.18 bits per heavy atom. The molecule has 2 atom stereocenters. The van der Waals surface area contributed by atoms with Crippen molar-refractivity contribution in [3.05, 3.63) is 34.5 Å². The molecule has 0 bridgehead atoms. The Bertz CT molecular complexity index is 1520. The van der Waals surface area contributed by atoms with Crippen molar-refractivity contribution < 1.29 is 31.2 Å². The fraction of sp³-hybridized carbons (Fsp3) is 0.538. The number of thiazole rings is 1. The van der Waals surface area contributed by atoms with E-state index in [1.807, 2.05) is 19.9 Å². The zero-order chi connectivity index (χ0) is 28.5. The van der Waals surface area contributed by atoms with Gasteiger partial charge in [0.25, 0.3) is 0 Å². The molecule has 2 unspecified atom stereocenters. The lowest BCUT2D eigenvalue weighted by Gasteiger charge is -2.29. The van der Waals surface area contributed by atoms with Crippen molar-refractivity contribution in [1.29, 1.82) is 5.26 Å². The monoisotopic (exact) mass is 580 g/mol. The summed E-state index contributed by atoms with van der Waals surface area (Å²) in [6, 6.07) is 5.40. The molecule has 1 aromatic heterocycles. The summed E-state index contributed by atoms with van der Waals surface area (Å²) in [6.45, 7) is 4.83. The maximum Gasteiger partial charge on any atom is 0.403 e. The normalized spacial score (nSPS) is 23.3. The number of sulfone groups is 1. The fourth-order valence-corrected chi connectivity index (χ4v) is 8.14. The highest BCUT2D eigenvalue weighted by Gasteiger charge is 2.70. The quantitative estimate of drug-likeness (QED) is 0.552. The van der Waals surface area contributed by atoms with Gasteiger partial charge in [0.15, 0.2) is 9.84 Å². The first-order valence-electron chi connectivity index (χ1n) is 12.5. The minimum absolute atomic E-state index is 0.00348. The minimum atomic E-state index is -4.81. The molecule has 2 aromatic rings. The molecule has 1 aromatic carbocycles. The molecule has 39 heavy (non-hydrogen) atoms. The zero-order valence-electron chi connectivity index (χ0n) is 21.6. The summed E-state index contributed by atoms with van der Waals surface area (Å²) in [6.07, 6.45) is -5.22. The summed E-state index contributed by atoms with van der Waals surface area (Å²) in [5.74, 6) is -2.08. The molecule has 0 spiro atoms. The predicted molar refractivity (Wildman–Crippen MR) is 136 cm³/mol. The number of alkyl halides is 3. The maximum absolute atomic E-state index is 13.8. The molecule has 0 radical (unpaired) electrons. The predicted octanol–water partition coefficient (Wildman–Crippen LogP) is 3.99. The molecule has 208 valence electrons. The summed E-state index contributed by atoms with van der Waals surface area (Å²) < 4.78 is 69.0. The molecule has 2 aliphatic carbocycles. The van der Waals surface area contributed by atoms with Gasteiger partial charge in [0.2, 0.25) is 11.8 Å². The molecule has 2 saturated carbocycles. The Morgan fingerprint density at radius 3 is 2.33 bits per heavy atom. The standard InChI is InChI=1S/C26H27F3N4O4S2/c1-14-10-17(21-15(2)31-16(3)38-21)4-5-20(14)39(36,37)18-11-19(22(34)32-24(13-30)6-7-24)33(12-18)23(35)25(8-9-25)26(27,28)29/h4-5,10,18-19H,6-9,11-12H2,1-3H3,(H,32,34). The van der Waals surface area contributed by atoms with Crippen LogP contribution in [-0.4, -0.2) is 59.7 Å². The third-order valence-electron chi connectivity index (χ3n) is 7.94. The van der Waals surface area contributed by atoms with Gasteiger partial charge in [-0.15, -0.1) is 11.3 Å². The van der Waals surface area contributed by atoms with Crippen LogP contribution in [0.2, 0.25) is 0 Å². The Balaban J connectivity index is 1.46. The van der Waals surface area contributed by atoms with E-state index < -0.39 is 69.5 Å². The number of nitriles is 1. The van der Waals surface area contributed by atoms with Gasteiger partial charge >= 0.3 is 6.18 Å². The lowest BCUT2D eigenvalue weighted by atomic mass is 10.0. The van der Waals surface area contributed by atoms with Crippen LogP contribution in [0.3, 0.4) is 0 Å². The van der Waals surface area contributed by atoms with Crippen LogP contribution in [0.4, 0.5) is 13.2 Å². The number of amides is 2. The Hall–Kier alpha value is -2.98. The largest absolute Gasteiger partial charge is 0.403 e. The molecular weight excluding hydrogens is 553 g/mol. The van der Waals surface area contributed by atoms with E-state index in [1.54, 1.807) is 19.1 Å². The van der Waals surface area contributed by atoms with E-state index in [0.717, 1.165) is 26.0 Å². The van der Waals surface area contributed by atoms with Crippen molar-refractivity contribution in [2.75, 3.05) is 6.54 Å². The average Bonchev–Trinajstić information content (AvgIpc) is 3.75. The minimum Gasteiger partial charge on any atom is -0.336 e. The van der Waals surface area contributed by atoms with Crippen molar-refractivity contribution in [1.82, 2.24) is 15.2 Å². The first kappa shape index (κ1) is 27.6. The highest BCUT2D eigenvalue weighted by Crippen LogP contribution is 2.59. The number of carbonyl (C=O) groups is 2. The number of hydrogen-bond acceptors (Lipinski definition) is 7. The molecule has 5 rings (SSSR count). The van der Waals surface area contributed by atoms with Gasteiger partial charge in [-0.3, -0.25) is 9.59 Å². The summed E-state index contributed by atoms with van der Waals surface area (Å²) in [4.78, 5) is 32.4. The number of aryl methyl sites for hydroxylation is 3. The van der Waals surface area contributed by atoms with Crippen molar-refractivity contribution in [2.45, 2.75) is 80.8 Å². The topological polar surface area (TPSA) is 120 Å². The summed E-state index contributed by atoms with van der Waals surface area (Å²) in [5, 5.41) is 11.5. The number of nitrogens with one attached hydrogen (secondary N) is 1. The van der Waals surface area contributed by atoms with Gasteiger partial charge in [-0.25, -0.2) is 13.4 Å². The third-order valence-corrected chi connectivity index (χ3v) is 11.4. The van der Waals surface area contributed by atoms with Gasteiger partial charge in [0.05, 0.1) is 31.8 Å². The van der Waals surface area contributed by atoms with E-state index in [1.165, 1.54) is 17.4 Å². The van der Waals surface area contributed by atoms with Crippen LogP contribution in [0.15, 0.2) is 23.1 Å². The van der Waals surface area contributed by atoms with E-state index in [-0.39, 0.29) is 11.3 Å². The van der Waals surface area contributed by atoms with Gasteiger partial charge in [-0.1, -0.05) is 6.07 Å². The van der Waals surface area contributed by atoms with Gasteiger partial charge in [-0.2, -0.15) is 18.4 Å². The molecule has 1 aliphatic heterocycles. The third kappa shape index (κ3) is 4.61. The second kappa shape index (κ2) is 9.02. The van der Waals surface area contributed by atoms with E-state index in [0.29, 0.717) is 18.4 Å². The van der Waals surface area contributed by atoms with E-state index in [2.05, 4.69) is 10.3 Å². The number of benzene rings is 1. The summed E-state index contributed by atoms with van der Waals surface area (Å²) in [7, 11) is -4.13. The van der Waals surface area contributed by atoms with Crippen molar-refractivity contribution in [3.63, 3.8) is 0 Å². The van der Waals surface area contributed by atoms with Crippen molar-refractivity contribution in [2.24, 2.45) is 5.41 Å². The highest BCUT2D eigenvalue weighted by atomic mass is 32.2. The average molecular weight is 581 g/mol. The SMILES string of the molecule is Cc1nc(C)c(-c2ccc(S(=O)(=O)C3CC(C(=O)NC4(C#N)CC4)N(C(=O)C4(C(F)(F)F)CC4)C3)c(C)c2)s1. The molecule has 1 N–H and O–H groups in total. The van der Waals surface area contributed by atoms with Gasteiger partial charge in [0, 0.05) is 6.54 Å². The Kier molecular flexibility index (Phi) is 6.38. The van der Waals surface area contributed by atoms with Crippen LogP contribution in [0, 0.1) is 37.5 Å². The van der Waals surface area contributed by atoms with Gasteiger partial charge in [0.1, 0.15) is 17.0 Å². The molecular formula is C26H27F3N4O4S2. The smallest absolute Gasteiger partial charge is 0.336 e. The van der Waals surface area contributed by atoms with Crippen molar-refractivity contribution in [3.8, 4) is 16.5 Å². The highest BCUT2D eigenvalue weighted by molar-refractivity contribution is 7.92. The first-order valence-corrected chi connectivity index (χ1v) is 14.9. The number of halogens is 3. The lowest BCUT2D eigenvalue weighted by molar-refractivity contribution is -0.199. The van der Waals surface area contributed by atoms with Crippen LogP contribution in [0.1, 0.15) is 48.4 Å². The van der Waals surface area contributed by atoms with Crippen LogP contribution >= 0.6 is 11.3 Å². The number of nitrogens with zero attached hydrogens (tertiary/aromatic N) is 3. The fourth-order valence-electron chi connectivity index (χ4n) is 5.31. The van der Waals surface area contributed by atoms with Crippen LogP contribution in [0.5, 0.6) is 0 Å². The second-order valence-electron chi connectivity index (χ2n) is 10.8. The van der Waals surface area contributed by atoms with E-state index in [9.17, 15) is 36.4 Å². The molecule has 2 amide bonds. The number of likely N-dealkylation sites (tertiary alicyclic amines) is 1. The van der Waals surface area contributed by atoms with Crippen LogP contribution in [0.25, 0.3) is 10.4 Å². The Labute approximate surface area is 228 Å². The Morgan fingerprint density at radius 2 is 1.85 bits per heavy atom. The molecule has 8 nitrogen and oxygen atoms in total. The molecule has 1 saturated heterocycles. The molecule has 2 heterocycles.